The summed E-state index contributed by atoms with van der Waals surface area (Å²) in [5.41, 5.74) is 1.19. The van der Waals surface area contributed by atoms with Crippen molar-refractivity contribution in [2.75, 3.05) is 31.5 Å². The number of halogens is 2. The normalized spacial score (nSPS) is 15.4. The van der Waals surface area contributed by atoms with Gasteiger partial charge in [0.1, 0.15) is 4.90 Å². The number of sulfonamides is 1. The number of anilines is 2. The maximum atomic E-state index is 13.1. The van der Waals surface area contributed by atoms with Crippen molar-refractivity contribution in [1.29, 1.82) is 5.26 Å². The van der Waals surface area contributed by atoms with Crippen molar-refractivity contribution >= 4 is 44.6 Å². The van der Waals surface area contributed by atoms with Crippen LogP contribution < -0.4 is 10.6 Å². The van der Waals surface area contributed by atoms with E-state index in [9.17, 15) is 8.42 Å². The highest BCUT2D eigenvalue weighted by Crippen LogP contribution is 2.31. The molecule has 0 spiro atoms. The average Bonchev–Trinajstić information content (AvgIpc) is 2.62. The van der Waals surface area contributed by atoms with Crippen molar-refractivity contribution in [3.63, 3.8) is 0 Å². The minimum absolute atomic E-state index is 0.0505. The quantitative estimate of drug-likeness (QED) is 0.807. The number of hydrogen-bond donors (Lipinski definition) is 2. The zero-order chi connectivity index (χ0) is 18.7. The third-order valence-electron chi connectivity index (χ3n) is 3.95. The Kier molecular flexibility index (Phi) is 5.70. The monoisotopic (exact) mass is 410 g/mol. The molecular formula is C17H16Cl2N4O2S. The Morgan fingerprint density at radius 2 is 1.73 bits per heavy atom. The van der Waals surface area contributed by atoms with Crippen molar-refractivity contribution in [2.45, 2.75) is 4.90 Å². The first kappa shape index (κ1) is 19.0. The lowest BCUT2D eigenvalue weighted by atomic mass is 10.2. The minimum Gasteiger partial charge on any atom is -0.354 e. The van der Waals surface area contributed by atoms with Gasteiger partial charge >= 0.3 is 0 Å². The van der Waals surface area contributed by atoms with E-state index in [0.717, 1.165) is 0 Å². The molecule has 1 aliphatic rings. The Balaban J connectivity index is 2.04. The number of nitrogens with zero attached hydrogens (tertiary/aromatic N) is 2. The van der Waals surface area contributed by atoms with E-state index in [0.29, 0.717) is 47.6 Å². The van der Waals surface area contributed by atoms with Crippen LogP contribution in [-0.4, -0.2) is 38.9 Å². The number of hydrogen-bond acceptors (Lipinski definition) is 5. The second-order valence-electron chi connectivity index (χ2n) is 5.76. The molecule has 1 fully saturated rings. The number of rotatable bonds is 4. The first-order valence-corrected chi connectivity index (χ1v) is 10.1. The molecule has 2 aromatic rings. The summed E-state index contributed by atoms with van der Waals surface area (Å²) in [6.45, 7) is 1.93. The standard InChI is InChI=1S/C17H16Cl2N4O2S/c18-13-8-14(19)10-15(9-13)22-16-2-1-12(11-20)7-17(16)26(24,25)23-5-3-21-4-6-23/h1-2,7-10,21-22H,3-6H2. The molecular weight excluding hydrogens is 395 g/mol. The minimum atomic E-state index is -3.75. The summed E-state index contributed by atoms with van der Waals surface area (Å²) >= 11 is 12.0. The fraction of sp³-hybridized carbons (Fsp3) is 0.235. The summed E-state index contributed by atoms with van der Waals surface area (Å²) in [4.78, 5) is 0.0505. The smallest absolute Gasteiger partial charge is 0.245 e. The van der Waals surface area contributed by atoms with Gasteiger partial charge in [0.25, 0.3) is 0 Å². The molecule has 0 amide bonds. The van der Waals surface area contributed by atoms with Gasteiger partial charge in [0, 0.05) is 41.9 Å². The molecule has 0 atom stereocenters. The molecule has 1 heterocycles. The molecule has 3 rings (SSSR count). The predicted molar refractivity (Wildman–Crippen MR) is 103 cm³/mol. The van der Waals surface area contributed by atoms with Crippen LogP contribution in [0.25, 0.3) is 0 Å². The lowest BCUT2D eigenvalue weighted by Crippen LogP contribution is -2.46. The predicted octanol–water partition coefficient (Wildman–Crippen LogP) is 3.20. The van der Waals surface area contributed by atoms with E-state index in [1.54, 1.807) is 30.3 Å². The molecule has 0 radical (unpaired) electrons. The molecule has 0 bridgehead atoms. The van der Waals surface area contributed by atoms with Gasteiger partial charge in [-0.15, -0.1) is 0 Å². The van der Waals surface area contributed by atoms with E-state index in [1.807, 2.05) is 6.07 Å². The fourth-order valence-electron chi connectivity index (χ4n) is 2.71. The molecule has 0 saturated carbocycles. The van der Waals surface area contributed by atoms with Crippen LogP contribution in [0.3, 0.4) is 0 Å². The van der Waals surface area contributed by atoms with E-state index < -0.39 is 10.0 Å². The molecule has 0 aromatic heterocycles. The Bertz CT molecular complexity index is 947. The highest BCUT2D eigenvalue weighted by Gasteiger charge is 2.28. The summed E-state index contributed by atoms with van der Waals surface area (Å²) in [5, 5.41) is 16.2. The maximum absolute atomic E-state index is 13.1. The van der Waals surface area contributed by atoms with Gasteiger partial charge in [0.15, 0.2) is 0 Å². The van der Waals surface area contributed by atoms with Crippen LogP contribution in [0.2, 0.25) is 10.0 Å². The maximum Gasteiger partial charge on any atom is 0.245 e. The number of benzene rings is 2. The van der Waals surface area contributed by atoms with Gasteiger partial charge in [-0.1, -0.05) is 23.2 Å². The first-order chi connectivity index (χ1) is 12.4. The van der Waals surface area contributed by atoms with Crippen molar-refractivity contribution < 1.29 is 8.42 Å². The first-order valence-electron chi connectivity index (χ1n) is 7.88. The van der Waals surface area contributed by atoms with E-state index in [1.165, 1.54) is 10.4 Å². The molecule has 6 nitrogen and oxygen atoms in total. The lowest BCUT2D eigenvalue weighted by Gasteiger charge is -2.27. The van der Waals surface area contributed by atoms with E-state index >= 15 is 0 Å². The van der Waals surface area contributed by atoms with Gasteiger partial charge in [-0.05, 0) is 36.4 Å². The summed E-state index contributed by atoms with van der Waals surface area (Å²) in [5.74, 6) is 0. The molecule has 2 aromatic carbocycles. The van der Waals surface area contributed by atoms with E-state index in [2.05, 4.69) is 10.6 Å². The molecule has 1 aliphatic heterocycles. The van der Waals surface area contributed by atoms with Crippen LogP contribution in [0.1, 0.15) is 5.56 Å². The third-order valence-corrected chi connectivity index (χ3v) is 6.32. The lowest BCUT2D eigenvalue weighted by molar-refractivity contribution is 0.360. The molecule has 136 valence electrons. The van der Waals surface area contributed by atoms with Crippen molar-refractivity contribution in [3.05, 3.63) is 52.0 Å². The third kappa shape index (κ3) is 4.11. The Morgan fingerprint density at radius 1 is 1.08 bits per heavy atom. The topological polar surface area (TPSA) is 85.2 Å². The van der Waals surface area contributed by atoms with Gasteiger partial charge in [-0.2, -0.15) is 9.57 Å². The molecule has 0 unspecified atom stereocenters. The van der Waals surface area contributed by atoms with Crippen LogP contribution in [0.4, 0.5) is 11.4 Å². The van der Waals surface area contributed by atoms with Crippen LogP contribution >= 0.6 is 23.2 Å². The summed E-state index contributed by atoms with van der Waals surface area (Å²) in [7, 11) is -3.75. The molecule has 9 heteroatoms. The van der Waals surface area contributed by atoms with Crippen molar-refractivity contribution in [3.8, 4) is 6.07 Å². The van der Waals surface area contributed by atoms with Crippen LogP contribution in [-0.2, 0) is 10.0 Å². The molecule has 2 N–H and O–H groups in total. The average molecular weight is 411 g/mol. The Hall–Kier alpha value is -1.82. The number of nitrogens with one attached hydrogen (secondary N) is 2. The second kappa shape index (κ2) is 7.82. The zero-order valence-electron chi connectivity index (χ0n) is 13.7. The van der Waals surface area contributed by atoms with Crippen molar-refractivity contribution in [1.82, 2.24) is 9.62 Å². The SMILES string of the molecule is N#Cc1ccc(Nc2cc(Cl)cc(Cl)c2)c(S(=O)(=O)N2CCNCC2)c1. The van der Waals surface area contributed by atoms with Gasteiger partial charge in [-0.3, -0.25) is 0 Å². The Labute approximate surface area is 162 Å². The second-order valence-corrected chi connectivity index (χ2v) is 8.54. The van der Waals surface area contributed by atoms with Crippen molar-refractivity contribution in [2.24, 2.45) is 0 Å². The van der Waals surface area contributed by atoms with Crippen LogP contribution in [0.5, 0.6) is 0 Å². The van der Waals surface area contributed by atoms with E-state index in [4.69, 9.17) is 28.5 Å². The molecule has 0 aliphatic carbocycles. The summed E-state index contributed by atoms with van der Waals surface area (Å²) in [6.07, 6.45) is 0. The highest BCUT2D eigenvalue weighted by atomic mass is 35.5. The highest BCUT2D eigenvalue weighted by molar-refractivity contribution is 7.89. The summed E-state index contributed by atoms with van der Waals surface area (Å²) < 4.78 is 27.6. The van der Waals surface area contributed by atoms with Gasteiger partial charge in [-0.25, -0.2) is 8.42 Å². The zero-order valence-corrected chi connectivity index (χ0v) is 16.0. The number of piperazine rings is 1. The largest absolute Gasteiger partial charge is 0.354 e. The molecule has 1 saturated heterocycles. The van der Waals surface area contributed by atoms with Gasteiger partial charge in [0.2, 0.25) is 10.0 Å². The molecule has 26 heavy (non-hydrogen) atoms. The van der Waals surface area contributed by atoms with Crippen LogP contribution in [0, 0.1) is 11.3 Å². The van der Waals surface area contributed by atoms with Gasteiger partial charge in [0.05, 0.1) is 17.3 Å². The summed E-state index contributed by atoms with van der Waals surface area (Å²) in [6, 6.07) is 11.4. The van der Waals surface area contributed by atoms with E-state index in [-0.39, 0.29) is 10.5 Å². The fourth-order valence-corrected chi connectivity index (χ4v) is 4.85. The Morgan fingerprint density at radius 3 is 2.35 bits per heavy atom. The number of nitriles is 1. The van der Waals surface area contributed by atoms with Gasteiger partial charge < -0.3 is 10.6 Å². The van der Waals surface area contributed by atoms with Crippen LogP contribution in [0.15, 0.2) is 41.3 Å².